The standard InChI is InChI=1S/C35H34N6O2/c1-38-24-29(23-37-38)14-17-34(42)40(25-28-12-15-32(16-13-28)41-20-7-19-36-41)33(22-27-8-3-2-4-9-27)35(43)39-21-18-30-10-5-6-11-31(30)26-39/h2-17,19-20,23-24,33H,18,21-22,25-26H2,1H3/b17-14+/t33-/m0/s1. The molecule has 3 heterocycles. The van der Waals surface area contributed by atoms with Crippen LogP contribution in [0.3, 0.4) is 0 Å². The van der Waals surface area contributed by atoms with Crippen molar-refractivity contribution in [1.29, 1.82) is 0 Å². The van der Waals surface area contributed by atoms with E-state index in [-0.39, 0.29) is 18.4 Å². The molecule has 1 aliphatic heterocycles. The molecule has 0 saturated carbocycles. The lowest BCUT2D eigenvalue weighted by Gasteiger charge is -2.37. The van der Waals surface area contributed by atoms with Crippen LogP contribution in [0.15, 0.2) is 116 Å². The quantitative estimate of drug-likeness (QED) is 0.238. The fourth-order valence-corrected chi connectivity index (χ4v) is 5.57. The third-order valence-electron chi connectivity index (χ3n) is 7.86. The van der Waals surface area contributed by atoms with Gasteiger partial charge in [0, 0.05) is 63.3 Å². The zero-order valence-corrected chi connectivity index (χ0v) is 24.2. The Labute approximate surface area is 251 Å². The zero-order chi connectivity index (χ0) is 29.6. The minimum absolute atomic E-state index is 0.0466. The number of fused-ring (bicyclic) bond motifs is 1. The minimum Gasteiger partial charge on any atom is -0.336 e. The molecule has 0 saturated heterocycles. The number of amides is 2. The molecule has 0 unspecified atom stereocenters. The number of nitrogens with zero attached hydrogens (tertiary/aromatic N) is 6. The van der Waals surface area contributed by atoms with Crippen molar-refractivity contribution in [3.05, 3.63) is 144 Å². The molecule has 0 N–H and O–H groups in total. The molecular formula is C35H34N6O2. The molecule has 1 atom stereocenters. The smallest absolute Gasteiger partial charge is 0.247 e. The summed E-state index contributed by atoms with van der Waals surface area (Å²) in [7, 11) is 1.84. The van der Waals surface area contributed by atoms with Crippen LogP contribution in [0.1, 0.15) is 27.8 Å². The Hall–Kier alpha value is -5.24. The van der Waals surface area contributed by atoms with Gasteiger partial charge in [0.2, 0.25) is 11.8 Å². The van der Waals surface area contributed by atoms with Crippen LogP contribution in [0.5, 0.6) is 0 Å². The van der Waals surface area contributed by atoms with Gasteiger partial charge >= 0.3 is 0 Å². The van der Waals surface area contributed by atoms with Gasteiger partial charge in [0.15, 0.2) is 0 Å². The summed E-state index contributed by atoms with van der Waals surface area (Å²) < 4.78 is 3.48. The number of hydrogen-bond acceptors (Lipinski definition) is 4. The molecule has 6 rings (SSSR count). The Morgan fingerprint density at radius 1 is 0.907 bits per heavy atom. The minimum atomic E-state index is -0.690. The number of rotatable bonds is 9. The van der Waals surface area contributed by atoms with E-state index in [4.69, 9.17) is 0 Å². The van der Waals surface area contributed by atoms with Crippen molar-refractivity contribution in [3.8, 4) is 5.69 Å². The highest BCUT2D eigenvalue weighted by atomic mass is 16.2. The Morgan fingerprint density at radius 3 is 2.40 bits per heavy atom. The largest absolute Gasteiger partial charge is 0.336 e. The molecule has 216 valence electrons. The first kappa shape index (κ1) is 27.9. The maximum absolute atomic E-state index is 14.4. The molecule has 3 aromatic carbocycles. The molecule has 0 radical (unpaired) electrons. The van der Waals surface area contributed by atoms with Gasteiger partial charge in [0.1, 0.15) is 6.04 Å². The van der Waals surface area contributed by atoms with Crippen molar-refractivity contribution in [3.63, 3.8) is 0 Å². The van der Waals surface area contributed by atoms with Crippen molar-refractivity contribution in [2.45, 2.75) is 32.0 Å². The molecule has 2 aromatic heterocycles. The van der Waals surface area contributed by atoms with E-state index < -0.39 is 6.04 Å². The third kappa shape index (κ3) is 6.64. The summed E-state index contributed by atoms with van der Waals surface area (Å²) in [6.45, 7) is 1.43. The fourth-order valence-electron chi connectivity index (χ4n) is 5.57. The summed E-state index contributed by atoms with van der Waals surface area (Å²) in [6.07, 6.45) is 11.7. The van der Waals surface area contributed by atoms with E-state index in [0.29, 0.717) is 19.5 Å². The number of aryl methyl sites for hydroxylation is 1. The molecule has 0 spiro atoms. The van der Waals surface area contributed by atoms with Crippen LogP contribution in [0.2, 0.25) is 0 Å². The van der Waals surface area contributed by atoms with E-state index >= 15 is 0 Å². The molecule has 8 heteroatoms. The Balaban J connectivity index is 1.34. The normalized spacial score (nSPS) is 13.6. The summed E-state index contributed by atoms with van der Waals surface area (Å²) in [5.41, 5.74) is 6.10. The van der Waals surface area contributed by atoms with Crippen molar-refractivity contribution < 1.29 is 9.59 Å². The van der Waals surface area contributed by atoms with Crippen LogP contribution in [0.25, 0.3) is 11.8 Å². The number of benzene rings is 3. The van der Waals surface area contributed by atoms with Gasteiger partial charge < -0.3 is 9.80 Å². The van der Waals surface area contributed by atoms with E-state index in [0.717, 1.165) is 34.4 Å². The molecule has 5 aromatic rings. The van der Waals surface area contributed by atoms with Crippen molar-refractivity contribution in [1.82, 2.24) is 29.4 Å². The SMILES string of the molecule is Cn1cc(/C=C/C(=O)N(Cc2ccc(-n3cccn3)cc2)[C@@H](Cc2ccccc2)C(=O)N2CCc3ccccc3C2)cn1. The fraction of sp³-hybridized carbons (Fsp3) is 0.200. The van der Waals surface area contributed by atoms with Gasteiger partial charge in [-0.1, -0.05) is 66.7 Å². The molecule has 2 amide bonds. The van der Waals surface area contributed by atoms with E-state index in [1.807, 2.05) is 97.1 Å². The average molecular weight is 571 g/mol. The van der Waals surface area contributed by atoms with Gasteiger partial charge in [0.25, 0.3) is 0 Å². The predicted molar refractivity (Wildman–Crippen MR) is 166 cm³/mol. The van der Waals surface area contributed by atoms with Crippen LogP contribution >= 0.6 is 0 Å². The first-order valence-corrected chi connectivity index (χ1v) is 14.5. The van der Waals surface area contributed by atoms with E-state index in [1.54, 1.807) is 38.8 Å². The van der Waals surface area contributed by atoms with Crippen LogP contribution < -0.4 is 0 Å². The van der Waals surface area contributed by atoms with E-state index in [2.05, 4.69) is 22.3 Å². The molecule has 0 bridgehead atoms. The topological polar surface area (TPSA) is 76.3 Å². The van der Waals surface area contributed by atoms with Crippen LogP contribution in [0, 0.1) is 0 Å². The lowest BCUT2D eigenvalue weighted by Crippen LogP contribution is -2.52. The first-order chi connectivity index (χ1) is 21.0. The zero-order valence-electron chi connectivity index (χ0n) is 24.2. The molecule has 1 aliphatic rings. The van der Waals surface area contributed by atoms with Crippen molar-refractivity contribution >= 4 is 17.9 Å². The van der Waals surface area contributed by atoms with Gasteiger partial charge in [-0.3, -0.25) is 14.3 Å². The second-order valence-electron chi connectivity index (χ2n) is 10.8. The summed E-state index contributed by atoms with van der Waals surface area (Å²) >= 11 is 0. The second-order valence-corrected chi connectivity index (χ2v) is 10.8. The molecule has 8 nitrogen and oxygen atoms in total. The Morgan fingerprint density at radius 2 is 1.67 bits per heavy atom. The number of carbonyl (C=O) groups is 2. The maximum Gasteiger partial charge on any atom is 0.247 e. The molecular weight excluding hydrogens is 536 g/mol. The lowest BCUT2D eigenvalue weighted by atomic mass is 9.97. The van der Waals surface area contributed by atoms with Gasteiger partial charge in [-0.05, 0) is 52.9 Å². The summed E-state index contributed by atoms with van der Waals surface area (Å²) in [5.74, 6) is -0.277. The maximum atomic E-state index is 14.4. The number of hydrogen-bond donors (Lipinski definition) is 0. The third-order valence-corrected chi connectivity index (χ3v) is 7.86. The average Bonchev–Trinajstić information content (AvgIpc) is 3.74. The molecule has 0 aliphatic carbocycles. The summed E-state index contributed by atoms with van der Waals surface area (Å²) in [4.78, 5) is 32.1. The van der Waals surface area contributed by atoms with Crippen LogP contribution in [-0.4, -0.2) is 53.8 Å². The first-order valence-electron chi connectivity index (χ1n) is 14.5. The Kier molecular flexibility index (Phi) is 8.26. The summed E-state index contributed by atoms with van der Waals surface area (Å²) in [6, 6.07) is 27.3. The van der Waals surface area contributed by atoms with Crippen LogP contribution in [0.4, 0.5) is 0 Å². The highest BCUT2D eigenvalue weighted by molar-refractivity contribution is 5.95. The van der Waals surface area contributed by atoms with E-state index in [1.165, 1.54) is 5.56 Å². The molecule has 43 heavy (non-hydrogen) atoms. The number of aromatic nitrogens is 4. The van der Waals surface area contributed by atoms with Crippen molar-refractivity contribution in [2.24, 2.45) is 7.05 Å². The second kappa shape index (κ2) is 12.7. The summed E-state index contributed by atoms with van der Waals surface area (Å²) in [5, 5.41) is 8.52. The van der Waals surface area contributed by atoms with E-state index in [9.17, 15) is 9.59 Å². The Bertz CT molecular complexity index is 1710. The predicted octanol–water partition coefficient (Wildman–Crippen LogP) is 4.84. The van der Waals surface area contributed by atoms with Gasteiger partial charge in [-0.25, -0.2) is 4.68 Å². The number of carbonyl (C=O) groups excluding carboxylic acids is 2. The highest BCUT2D eigenvalue weighted by Crippen LogP contribution is 2.23. The van der Waals surface area contributed by atoms with Gasteiger partial charge in [-0.2, -0.15) is 10.2 Å². The monoisotopic (exact) mass is 570 g/mol. The van der Waals surface area contributed by atoms with Gasteiger partial charge in [-0.15, -0.1) is 0 Å². The van der Waals surface area contributed by atoms with Crippen LogP contribution in [-0.2, 0) is 42.6 Å². The lowest BCUT2D eigenvalue weighted by molar-refractivity contribution is -0.144. The highest BCUT2D eigenvalue weighted by Gasteiger charge is 2.34. The molecule has 0 fully saturated rings. The van der Waals surface area contributed by atoms with Gasteiger partial charge in [0.05, 0.1) is 11.9 Å². The van der Waals surface area contributed by atoms with Crippen molar-refractivity contribution in [2.75, 3.05) is 6.54 Å².